The van der Waals surface area contributed by atoms with Crippen LogP contribution in [0, 0.1) is 12.8 Å². The Balaban J connectivity index is 2.04. The number of nitrogens with zero attached hydrogens (tertiary/aromatic N) is 1. The van der Waals surface area contributed by atoms with Gasteiger partial charge in [0.05, 0.1) is 0 Å². The van der Waals surface area contributed by atoms with Gasteiger partial charge in [-0.1, -0.05) is 31.5 Å². The van der Waals surface area contributed by atoms with E-state index in [0.29, 0.717) is 0 Å². The maximum absolute atomic E-state index is 12.7. The third-order valence-electron chi connectivity index (χ3n) is 3.98. The van der Waals surface area contributed by atoms with Crippen LogP contribution in [0.2, 0.25) is 0 Å². The molecule has 1 amide bonds. The van der Waals surface area contributed by atoms with Gasteiger partial charge >= 0.3 is 0 Å². The van der Waals surface area contributed by atoms with E-state index in [2.05, 4.69) is 0 Å². The highest BCUT2D eigenvalue weighted by Gasteiger charge is 2.30. The van der Waals surface area contributed by atoms with E-state index in [1.165, 1.54) is 5.56 Å². The van der Waals surface area contributed by atoms with Crippen molar-refractivity contribution >= 4 is 5.91 Å². The fourth-order valence-electron chi connectivity index (χ4n) is 2.53. The summed E-state index contributed by atoms with van der Waals surface area (Å²) >= 11 is 0. The summed E-state index contributed by atoms with van der Waals surface area (Å²) in [4.78, 5) is 14.6. The molecule has 116 valence electrons. The number of amides is 1. The van der Waals surface area contributed by atoms with Crippen molar-refractivity contribution in [3.63, 3.8) is 0 Å². The zero-order valence-electron chi connectivity index (χ0n) is 13.2. The molecule has 21 heavy (non-hydrogen) atoms. The van der Waals surface area contributed by atoms with Crippen molar-refractivity contribution in [3.05, 3.63) is 29.8 Å². The van der Waals surface area contributed by atoms with E-state index in [9.17, 15) is 4.79 Å². The minimum absolute atomic E-state index is 0.0810. The summed E-state index contributed by atoms with van der Waals surface area (Å²) in [7, 11) is 0. The Hall–Kier alpha value is -1.55. The quantitative estimate of drug-likeness (QED) is 0.926. The summed E-state index contributed by atoms with van der Waals surface area (Å²) in [6.07, 6.45) is 1.32. The number of ether oxygens (including phenoxy) is 1. The van der Waals surface area contributed by atoms with Crippen LogP contribution in [0.15, 0.2) is 24.3 Å². The second-order valence-electron chi connectivity index (χ2n) is 6.26. The third kappa shape index (κ3) is 4.21. The van der Waals surface area contributed by atoms with Crippen LogP contribution in [0.4, 0.5) is 0 Å². The van der Waals surface area contributed by atoms with Crippen LogP contribution in [0.5, 0.6) is 5.75 Å². The predicted molar refractivity (Wildman–Crippen MR) is 84.2 cm³/mol. The van der Waals surface area contributed by atoms with Gasteiger partial charge in [0.1, 0.15) is 5.75 Å². The first-order valence-corrected chi connectivity index (χ1v) is 7.75. The van der Waals surface area contributed by atoms with Crippen molar-refractivity contribution in [2.45, 2.75) is 45.8 Å². The predicted octanol–water partition coefficient (Wildman–Crippen LogP) is 2.35. The Morgan fingerprint density at radius 2 is 1.81 bits per heavy atom. The first-order chi connectivity index (χ1) is 9.97. The van der Waals surface area contributed by atoms with Gasteiger partial charge in [0.2, 0.25) is 0 Å². The number of aryl methyl sites for hydroxylation is 1. The average molecular weight is 290 g/mol. The molecule has 1 aromatic carbocycles. The molecule has 1 saturated heterocycles. The highest BCUT2D eigenvalue weighted by molar-refractivity contribution is 5.81. The molecule has 2 N–H and O–H groups in total. The average Bonchev–Trinajstić information content (AvgIpc) is 2.46. The van der Waals surface area contributed by atoms with Crippen molar-refractivity contribution < 1.29 is 9.53 Å². The second kappa shape index (κ2) is 6.94. The molecule has 0 spiro atoms. The molecule has 1 aliphatic rings. The van der Waals surface area contributed by atoms with Gasteiger partial charge in [0.15, 0.2) is 6.10 Å². The van der Waals surface area contributed by atoms with E-state index < -0.39 is 6.10 Å². The molecule has 1 atom stereocenters. The molecule has 0 aromatic heterocycles. The molecule has 4 nitrogen and oxygen atoms in total. The van der Waals surface area contributed by atoms with Crippen molar-refractivity contribution in [2.75, 3.05) is 13.1 Å². The van der Waals surface area contributed by atoms with E-state index in [1.807, 2.05) is 49.9 Å². The lowest BCUT2D eigenvalue weighted by Gasteiger charge is -2.34. The third-order valence-corrected chi connectivity index (χ3v) is 3.98. The van der Waals surface area contributed by atoms with Crippen LogP contribution in [0.25, 0.3) is 0 Å². The van der Waals surface area contributed by atoms with Crippen LogP contribution in [0.3, 0.4) is 0 Å². The van der Waals surface area contributed by atoms with Crippen LogP contribution in [0.1, 0.15) is 32.3 Å². The fourth-order valence-corrected chi connectivity index (χ4v) is 2.53. The molecule has 1 aliphatic heterocycles. The molecule has 2 rings (SSSR count). The summed E-state index contributed by atoms with van der Waals surface area (Å²) in [5, 5.41) is 0. The summed E-state index contributed by atoms with van der Waals surface area (Å²) in [5.41, 5.74) is 7.08. The molecule has 1 fully saturated rings. The Morgan fingerprint density at radius 1 is 1.24 bits per heavy atom. The van der Waals surface area contributed by atoms with Gasteiger partial charge in [-0.3, -0.25) is 4.79 Å². The summed E-state index contributed by atoms with van der Waals surface area (Å²) in [5.74, 6) is 0.966. The molecule has 1 aromatic rings. The summed E-state index contributed by atoms with van der Waals surface area (Å²) < 4.78 is 5.95. The van der Waals surface area contributed by atoms with Crippen molar-refractivity contribution in [1.82, 2.24) is 4.90 Å². The van der Waals surface area contributed by atoms with Crippen LogP contribution in [-0.2, 0) is 4.79 Å². The van der Waals surface area contributed by atoms with Gasteiger partial charge in [-0.15, -0.1) is 0 Å². The minimum Gasteiger partial charge on any atom is -0.480 e. The zero-order chi connectivity index (χ0) is 15.4. The Labute approximate surface area is 127 Å². The Morgan fingerprint density at radius 3 is 2.33 bits per heavy atom. The fraction of sp³-hybridized carbons (Fsp3) is 0.588. The van der Waals surface area contributed by atoms with E-state index in [-0.39, 0.29) is 17.9 Å². The topological polar surface area (TPSA) is 55.6 Å². The summed E-state index contributed by atoms with van der Waals surface area (Å²) in [6, 6.07) is 8.06. The van der Waals surface area contributed by atoms with E-state index in [1.54, 1.807) is 0 Å². The number of piperidine rings is 1. The first kappa shape index (κ1) is 15.8. The molecule has 0 aliphatic carbocycles. The normalized spacial score (nSPS) is 17.9. The number of rotatable bonds is 4. The van der Waals surface area contributed by atoms with Gasteiger partial charge < -0.3 is 15.4 Å². The van der Waals surface area contributed by atoms with E-state index in [0.717, 1.165) is 31.7 Å². The van der Waals surface area contributed by atoms with Gasteiger partial charge in [-0.2, -0.15) is 0 Å². The largest absolute Gasteiger partial charge is 0.480 e. The zero-order valence-corrected chi connectivity index (χ0v) is 13.2. The second-order valence-corrected chi connectivity index (χ2v) is 6.26. The standard InChI is InChI=1S/C17H26N2O2/c1-12(2)16(21-15-6-4-13(3)5-7-15)17(20)19-10-8-14(18)9-11-19/h4-7,12,14,16H,8-11,18H2,1-3H3. The first-order valence-electron chi connectivity index (χ1n) is 7.75. The number of carbonyl (C=O) groups excluding carboxylic acids is 1. The number of likely N-dealkylation sites (tertiary alicyclic amines) is 1. The maximum atomic E-state index is 12.7. The molecular formula is C17H26N2O2. The highest BCUT2D eigenvalue weighted by Crippen LogP contribution is 2.20. The number of benzene rings is 1. The highest BCUT2D eigenvalue weighted by atomic mass is 16.5. The van der Waals surface area contributed by atoms with E-state index in [4.69, 9.17) is 10.5 Å². The van der Waals surface area contributed by atoms with E-state index >= 15 is 0 Å². The molecule has 0 radical (unpaired) electrons. The number of hydrogen-bond donors (Lipinski definition) is 1. The molecule has 1 unspecified atom stereocenters. The number of carbonyl (C=O) groups is 1. The van der Waals surface area contributed by atoms with Crippen molar-refractivity contribution in [2.24, 2.45) is 11.7 Å². The van der Waals surface area contributed by atoms with Gasteiger partial charge in [-0.25, -0.2) is 0 Å². The number of hydrogen-bond acceptors (Lipinski definition) is 3. The number of nitrogens with two attached hydrogens (primary N) is 1. The van der Waals surface area contributed by atoms with Crippen molar-refractivity contribution in [1.29, 1.82) is 0 Å². The van der Waals surface area contributed by atoms with Gasteiger partial charge in [0, 0.05) is 19.1 Å². The summed E-state index contributed by atoms with van der Waals surface area (Å²) in [6.45, 7) is 7.55. The Kier molecular flexibility index (Phi) is 5.23. The lowest BCUT2D eigenvalue weighted by atomic mass is 10.0. The maximum Gasteiger partial charge on any atom is 0.263 e. The minimum atomic E-state index is -0.429. The van der Waals surface area contributed by atoms with Crippen LogP contribution >= 0.6 is 0 Å². The molecule has 0 bridgehead atoms. The molecular weight excluding hydrogens is 264 g/mol. The molecule has 4 heteroatoms. The Bertz CT molecular complexity index is 462. The molecule has 0 saturated carbocycles. The van der Waals surface area contributed by atoms with Crippen LogP contribution < -0.4 is 10.5 Å². The molecule has 1 heterocycles. The monoisotopic (exact) mass is 290 g/mol. The SMILES string of the molecule is Cc1ccc(OC(C(=O)N2CCC(N)CC2)C(C)C)cc1. The van der Waals surface area contributed by atoms with Gasteiger partial charge in [-0.05, 0) is 37.8 Å². The van der Waals surface area contributed by atoms with Gasteiger partial charge in [0.25, 0.3) is 5.91 Å². The van der Waals surface area contributed by atoms with Crippen molar-refractivity contribution in [3.8, 4) is 5.75 Å². The lowest BCUT2D eigenvalue weighted by Crippen LogP contribution is -2.49. The lowest BCUT2D eigenvalue weighted by molar-refractivity contribution is -0.141. The van der Waals surface area contributed by atoms with Crippen LogP contribution in [-0.4, -0.2) is 36.0 Å². The smallest absolute Gasteiger partial charge is 0.263 e.